The number of nitrogens with one attached hydrogen (secondary N) is 2. The van der Waals surface area contributed by atoms with Crippen molar-refractivity contribution >= 4 is 18.3 Å². The maximum absolute atomic E-state index is 12.1. The molecule has 2 N–H and O–H groups in total. The molecule has 1 aliphatic rings. The van der Waals surface area contributed by atoms with Crippen molar-refractivity contribution in [1.82, 2.24) is 10.6 Å². The van der Waals surface area contributed by atoms with E-state index in [1.54, 1.807) is 0 Å². The standard InChI is InChI=1S/C18H28N2O.ClH/c1-2-17(14-16-6-4-3-5-7-16)20-18(21)9-8-15-10-12-19-13-11-15;/h3-7,15,17,19H,2,8-14H2,1H3,(H,20,21);1H. The summed E-state index contributed by atoms with van der Waals surface area (Å²) in [5.41, 5.74) is 1.29. The lowest BCUT2D eigenvalue weighted by atomic mass is 9.93. The van der Waals surface area contributed by atoms with E-state index in [0.717, 1.165) is 38.3 Å². The highest BCUT2D eigenvalue weighted by molar-refractivity contribution is 5.85. The maximum atomic E-state index is 12.1. The summed E-state index contributed by atoms with van der Waals surface area (Å²) in [6.07, 6.45) is 6.05. The molecule has 2 rings (SSSR count). The Morgan fingerprint density at radius 3 is 2.59 bits per heavy atom. The van der Waals surface area contributed by atoms with Crippen LogP contribution in [-0.4, -0.2) is 25.0 Å². The molecule has 1 aromatic rings. The lowest BCUT2D eigenvalue weighted by molar-refractivity contribution is -0.122. The van der Waals surface area contributed by atoms with E-state index in [2.05, 4.69) is 41.8 Å². The van der Waals surface area contributed by atoms with Gasteiger partial charge in [0.05, 0.1) is 0 Å². The average molecular weight is 325 g/mol. The summed E-state index contributed by atoms with van der Waals surface area (Å²) in [5, 5.41) is 6.57. The van der Waals surface area contributed by atoms with Gasteiger partial charge in [-0.05, 0) is 56.7 Å². The van der Waals surface area contributed by atoms with E-state index in [-0.39, 0.29) is 24.4 Å². The molecule has 1 heterocycles. The molecule has 22 heavy (non-hydrogen) atoms. The molecule has 0 aliphatic carbocycles. The maximum Gasteiger partial charge on any atom is 0.220 e. The Balaban J connectivity index is 0.00000242. The van der Waals surface area contributed by atoms with Crippen molar-refractivity contribution in [2.45, 2.75) is 51.5 Å². The Hall–Kier alpha value is -1.06. The van der Waals surface area contributed by atoms with Gasteiger partial charge >= 0.3 is 0 Å². The highest BCUT2D eigenvalue weighted by Crippen LogP contribution is 2.17. The molecule has 1 unspecified atom stereocenters. The van der Waals surface area contributed by atoms with Gasteiger partial charge in [0.2, 0.25) is 5.91 Å². The summed E-state index contributed by atoms with van der Waals surface area (Å²) < 4.78 is 0. The van der Waals surface area contributed by atoms with Crippen LogP contribution in [0, 0.1) is 5.92 Å². The predicted octanol–water partition coefficient (Wildman–Crippen LogP) is 3.33. The molecule has 124 valence electrons. The van der Waals surface area contributed by atoms with Crippen molar-refractivity contribution in [2.75, 3.05) is 13.1 Å². The zero-order valence-electron chi connectivity index (χ0n) is 13.5. The number of hydrogen-bond acceptors (Lipinski definition) is 2. The average Bonchev–Trinajstić information content (AvgIpc) is 2.54. The fraction of sp³-hybridized carbons (Fsp3) is 0.611. The SMILES string of the molecule is CCC(Cc1ccccc1)NC(=O)CCC1CCNCC1.Cl. The Morgan fingerprint density at radius 1 is 1.27 bits per heavy atom. The minimum atomic E-state index is 0. The van der Waals surface area contributed by atoms with E-state index in [0.29, 0.717) is 6.42 Å². The summed E-state index contributed by atoms with van der Waals surface area (Å²) in [5.74, 6) is 0.947. The molecule has 0 spiro atoms. The van der Waals surface area contributed by atoms with Crippen molar-refractivity contribution in [3.63, 3.8) is 0 Å². The lowest BCUT2D eigenvalue weighted by Crippen LogP contribution is -2.36. The second-order valence-electron chi connectivity index (χ2n) is 6.09. The summed E-state index contributed by atoms with van der Waals surface area (Å²) in [4.78, 5) is 12.1. The fourth-order valence-electron chi connectivity index (χ4n) is 3.00. The van der Waals surface area contributed by atoms with Crippen LogP contribution in [0.4, 0.5) is 0 Å². The molecule has 1 aromatic carbocycles. The fourth-order valence-corrected chi connectivity index (χ4v) is 3.00. The van der Waals surface area contributed by atoms with Crippen LogP contribution in [0.2, 0.25) is 0 Å². The molecule has 1 fully saturated rings. The zero-order chi connectivity index (χ0) is 14.9. The highest BCUT2D eigenvalue weighted by atomic mass is 35.5. The summed E-state index contributed by atoms with van der Waals surface area (Å²) in [7, 11) is 0. The molecule has 0 saturated carbocycles. The summed E-state index contributed by atoms with van der Waals surface area (Å²) in [6, 6.07) is 10.7. The van der Waals surface area contributed by atoms with Crippen LogP contribution in [0.3, 0.4) is 0 Å². The Morgan fingerprint density at radius 2 is 1.95 bits per heavy atom. The first-order chi connectivity index (χ1) is 10.3. The van der Waals surface area contributed by atoms with Gasteiger partial charge in [-0.1, -0.05) is 37.3 Å². The first-order valence-electron chi connectivity index (χ1n) is 8.32. The van der Waals surface area contributed by atoms with Crippen LogP contribution in [0.5, 0.6) is 0 Å². The van der Waals surface area contributed by atoms with Gasteiger partial charge in [-0.15, -0.1) is 12.4 Å². The molecule has 0 radical (unpaired) electrons. The molecule has 1 saturated heterocycles. The van der Waals surface area contributed by atoms with Gasteiger partial charge in [0, 0.05) is 12.5 Å². The Labute approximate surface area is 140 Å². The largest absolute Gasteiger partial charge is 0.353 e. The first kappa shape index (κ1) is 19.0. The number of hydrogen-bond donors (Lipinski definition) is 2. The van der Waals surface area contributed by atoms with E-state index in [1.807, 2.05) is 6.07 Å². The van der Waals surface area contributed by atoms with Gasteiger partial charge in [0.25, 0.3) is 0 Å². The van der Waals surface area contributed by atoms with Crippen molar-refractivity contribution in [1.29, 1.82) is 0 Å². The van der Waals surface area contributed by atoms with Gasteiger partial charge in [-0.25, -0.2) is 0 Å². The Kier molecular flexibility index (Phi) is 9.17. The third-order valence-corrected chi connectivity index (χ3v) is 4.42. The quantitative estimate of drug-likeness (QED) is 0.807. The van der Waals surface area contributed by atoms with Crippen LogP contribution >= 0.6 is 12.4 Å². The second kappa shape index (κ2) is 10.6. The van der Waals surface area contributed by atoms with Gasteiger partial charge in [-0.2, -0.15) is 0 Å². The second-order valence-corrected chi connectivity index (χ2v) is 6.09. The number of piperidine rings is 1. The molecule has 4 heteroatoms. The van der Waals surface area contributed by atoms with Crippen LogP contribution in [0.1, 0.15) is 44.6 Å². The van der Waals surface area contributed by atoms with E-state index in [9.17, 15) is 4.79 Å². The van der Waals surface area contributed by atoms with Gasteiger partial charge in [0.15, 0.2) is 0 Å². The first-order valence-corrected chi connectivity index (χ1v) is 8.32. The minimum Gasteiger partial charge on any atom is -0.353 e. The van der Waals surface area contributed by atoms with Crippen molar-refractivity contribution < 1.29 is 4.79 Å². The third kappa shape index (κ3) is 6.80. The highest BCUT2D eigenvalue weighted by Gasteiger charge is 2.16. The van der Waals surface area contributed by atoms with Gasteiger partial charge in [-0.3, -0.25) is 4.79 Å². The minimum absolute atomic E-state index is 0. The number of rotatable bonds is 7. The predicted molar refractivity (Wildman–Crippen MR) is 94.4 cm³/mol. The number of halogens is 1. The monoisotopic (exact) mass is 324 g/mol. The molecule has 3 nitrogen and oxygen atoms in total. The van der Waals surface area contributed by atoms with E-state index in [1.165, 1.54) is 18.4 Å². The molecule has 0 aromatic heterocycles. The number of amides is 1. The Bertz CT molecular complexity index is 418. The van der Waals surface area contributed by atoms with Crippen molar-refractivity contribution in [3.8, 4) is 0 Å². The third-order valence-electron chi connectivity index (χ3n) is 4.42. The summed E-state index contributed by atoms with van der Waals surface area (Å²) in [6.45, 7) is 4.36. The topological polar surface area (TPSA) is 41.1 Å². The van der Waals surface area contributed by atoms with Crippen LogP contribution in [0.15, 0.2) is 30.3 Å². The van der Waals surface area contributed by atoms with E-state index < -0.39 is 0 Å². The number of carbonyl (C=O) groups excluding carboxylic acids is 1. The van der Waals surface area contributed by atoms with Crippen LogP contribution in [-0.2, 0) is 11.2 Å². The van der Waals surface area contributed by atoms with E-state index >= 15 is 0 Å². The number of benzene rings is 1. The van der Waals surface area contributed by atoms with Crippen molar-refractivity contribution in [2.24, 2.45) is 5.92 Å². The molecular weight excluding hydrogens is 296 g/mol. The molecule has 1 atom stereocenters. The molecule has 1 aliphatic heterocycles. The van der Waals surface area contributed by atoms with Crippen LogP contribution < -0.4 is 10.6 Å². The molecule has 0 bridgehead atoms. The number of carbonyl (C=O) groups is 1. The van der Waals surface area contributed by atoms with Gasteiger partial charge < -0.3 is 10.6 Å². The summed E-state index contributed by atoms with van der Waals surface area (Å²) >= 11 is 0. The van der Waals surface area contributed by atoms with Crippen molar-refractivity contribution in [3.05, 3.63) is 35.9 Å². The van der Waals surface area contributed by atoms with Crippen LogP contribution in [0.25, 0.3) is 0 Å². The molecule has 1 amide bonds. The molecular formula is C18H29ClN2O. The lowest BCUT2D eigenvalue weighted by Gasteiger charge is -2.23. The smallest absolute Gasteiger partial charge is 0.220 e. The normalized spacial score (nSPS) is 16.6. The van der Waals surface area contributed by atoms with Gasteiger partial charge in [0.1, 0.15) is 0 Å². The zero-order valence-corrected chi connectivity index (χ0v) is 14.3. The van der Waals surface area contributed by atoms with E-state index in [4.69, 9.17) is 0 Å².